The Hall–Kier alpha value is -0.580. The van der Waals surface area contributed by atoms with Crippen LogP contribution in [-0.2, 0) is 18.3 Å². The van der Waals surface area contributed by atoms with Crippen molar-refractivity contribution in [1.82, 2.24) is 14.7 Å². The number of likely N-dealkylation sites (tertiary alicyclic amines) is 1. The quantitative estimate of drug-likeness (QED) is 0.781. The molecule has 1 fully saturated rings. The minimum Gasteiger partial charge on any atom is -0.379 e. The van der Waals surface area contributed by atoms with E-state index in [1.807, 2.05) is 14.0 Å². The van der Waals surface area contributed by atoms with Crippen molar-refractivity contribution >= 4 is 11.6 Å². The Morgan fingerprint density at radius 3 is 2.67 bits per heavy atom. The monoisotopic (exact) mass is 229 g/mol. The van der Waals surface area contributed by atoms with Crippen LogP contribution in [0, 0.1) is 6.92 Å². The largest absolute Gasteiger partial charge is 0.379 e. The lowest BCUT2D eigenvalue weighted by Gasteiger charge is -2.38. The third kappa shape index (κ3) is 2.02. The van der Waals surface area contributed by atoms with Gasteiger partial charge in [-0.3, -0.25) is 9.58 Å². The molecule has 0 bridgehead atoms. The molecule has 0 atom stereocenters. The van der Waals surface area contributed by atoms with Gasteiger partial charge < -0.3 is 4.74 Å². The van der Waals surface area contributed by atoms with Gasteiger partial charge in [-0.15, -0.1) is 0 Å². The second kappa shape index (κ2) is 4.12. The van der Waals surface area contributed by atoms with Gasteiger partial charge in [0, 0.05) is 39.4 Å². The van der Waals surface area contributed by atoms with Gasteiger partial charge in [0.2, 0.25) is 0 Å². The van der Waals surface area contributed by atoms with E-state index in [0.29, 0.717) is 6.10 Å². The van der Waals surface area contributed by atoms with E-state index in [2.05, 4.69) is 10.00 Å². The van der Waals surface area contributed by atoms with Crippen LogP contribution in [0.3, 0.4) is 0 Å². The van der Waals surface area contributed by atoms with Gasteiger partial charge in [0.1, 0.15) is 5.15 Å². The zero-order valence-corrected chi connectivity index (χ0v) is 10.1. The predicted octanol–water partition coefficient (Wildman–Crippen LogP) is 1.21. The Morgan fingerprint density at radius 1 is 1.53 bits per heavy atom. The number of halogens is 1. The van der Waals surface area contributed by atoms with Crippen molar-refractivity contribution in [1.29, 1.82) is 0 Å². The minimum absolute atomic E-state index is 0.390. The maximum atomic E-state index is 6.15. The first kappa shape index (κ1) is 10.9. The summed E-state index contributed by atoms with van der Waals surface area (Å²) in [5.74, 6) is 0. The Kier molecular flexibility index (Phi) is 3.00. The van der Waals surface area contributed by atoms with Crippen LogP contribution < -0.4 is 0 Å². The number of rotatable bonds is 3. The minimum atomic E-state index is 0.390. The summed E-state index contributed by atoms with van der Waals surface area (Å²) in [6, 6.07) is 0. The number of hydrogen-bond acceptors (Lipinski definition) is 3. The summed E-state index contributed by atoms with van der Waals surface area (Å²) in [5.41, 5.74) is 2.15. The summed E-state index contributed by atoms with van der Waals surface area (Å²) < 4.78 is 6.95. The number of ether oxygens (including phenoxy) is 1. The highest BCUT2D eigenvalue weighted by Crippen LogP contribution is 2.23. The predicted molar refractivity (Wildman–Crippen MR) is 59.0 cm³/mol. The van der Waals surface area contributed by atoms with Gasteiger partial charge in [0.15, 0.2) is 0 Å². The summed E-state index contributed by atoms with van der Waals surface area (Å²) in [6.45, 7) is 4.84. The first-order valence-corrected chi connectivity index (χ1v) is 5.42. The van der Waals surface area contributed by atoms with Crippen molar-refractivity contribution in [2.24, 2.45) is 7.05 Å². The second-order valence-corrected chi connectivity index (χ2v) is 4.39. The molecule has 84 valence electrons. The van der Waals surface area contributed by atoms with Crippen LogP contribution in [0.2, 0.25) is 5.15 Å². The fraction of sp³-hybridized carbons (Fsp3) is 0.700. The van der Waals surface area contributed by atoms with Crippen molar-refractivity contribution in [3.8, 4) is 0 Å². The van der Waals surface area contributed by atoms with E-state index in [1.165, 1.54) is 0 Å². The highest BCUT2D eigenvalue weighted by Gasteiger charge is 2.27. The highest BCUT2D eigenvalue weighted by atomic mass is 35.5. The molecule has 15 heavy (non-hydrogen) atoms. The van der Waals surface area contributed by atoms with E-state index in [0.717, 1.165) is 36.0 Å². The molecular formula is C10H16ClN3O. The molecule has 5 heteroatoms. The van der Waals surface area contributed by atoms with Gasteiger partial charge in [0.25, 0.3) is 0 Å². The molecule has 2 heterocycles. The van der Waals surface area contributed by atoms with Crippen molar-refractivity contribution in [2.75, 3.05) is 20.2 Å². The van der Waals surface area contributed by atoms with Crippen molar-refractivity contribution in [2.45, 2.75) is 19.6 Å². The van der Waals surface area contributed by atoms with Gasteiger partial charge >= 0.3 is 0 Å². The third-order valence-corrected chi connectivity index (χ3v) is 3.38. The SMILES string of the molecule is COC1CN(Cc2c(C)nn(C)c2Cl)C1. The van der Waals surface area contributed by atoms with E-state index in [4.69, 9.17) is 16.3 Å². The summed E-state index contributed by atoms with van der Waals surface area (Å²) in [6.07, 6.45) is 0.390. The number of nitrogens with zero attached hydrogens (tertiary/aromatic N) is 3. The fourth-order valence-corrected chi connectivity index (χ4v) is 2.11. The Bertz CT molecular complexity index is 358. The Balaban J connectivity index is 2.00. The first-order chi connectivity index (χ1) is 7.11. The zero-order chi connectivity index (χ0) is 11.0. The molecule has 1 aromatic rings. The Labute approximate surface area is 94.8 Å². The summed E-state index contributed by atoms with van der Waals surface area (Å²) in [7, 11) is 3.62. The van der Waals surface area contributed by atoms with Crippen LogP contribution in [0.1, 0.15) is 11.3 Å². The molecule has 1 saturated heterocycles. The molecule has 0 saturated carbocycles. The van der Waals surface area contributed by atoms with Crippen LogP contribution in [0.5, 0.6) is 0 Å². The molecule has 1 aliphatic rings. The van der Waals surface area contributed by atoms with Crippen LogP contribution in [0.25, 0.3) is 0 Å². The number of methoxy groups -OCH3 is 1. The van der Waals surface area contributed by atoms with Gasteiger partial charge in [-0.1, -0.05) is 11.6 Å². The van der Waals surface area contributed by atoms with E-state index in [-0.39, 0.29) is 0 Å². The standard InChI is InChI=1S/C10H16ClN3O/c1-7-9(10(11)13(2)12-7)6-14-4-8(5-14)15-3/h8H,4-6H2,1-3H3. The number of aromatic nitrogens is 2. The summed E-state index contributed by atoms with van der Waals surface area (Å²) in [5, 5.41) is 5.03. The van der Waals surface area contributed by atoms with Crippen LogP contribution in [0.4, 0.5) is 0 Å². The number of hydrogen-bond donors (Lipinski definition) is 0. The lowest BCUT2D eigenvalue weighted by Crippen LogP contribution is -2.50. The zero-order valence-electron chi connectivity index (χ0n) is 9.33. The average Bonchev–Trinajstić information content (AvgIpc) is 2.36. The fourth-order valence-electron chi connectivity index (χ4n) is 1.88. The van der Waals surface area contributed by atoms with E-state index >= 15 is 0 Å². The normalized spacial score (nSPS) is 18.1. The van der Waals surface area contributed by atoms with Crippen molar-refractivity contribution < 1.29 is 4.74 Å². The molecule has 0 aliphatic carbocycles. The molecule has 4 nitrogen and oxygen atoms in total. The van der Waals surface area contributed by atoms with Crippen LogP contribution in [-0.4, -0.2) is 41.0 Å². The molecule has 0 radical (unpaired) electrons. The second-order valence-electron chi connectivity index (χ2n) is 4.03. The Morgan fingerprint density at radius 2 is 2.20 bits per heavy atom. The summed E-state index contributed by atoms with van der Waals surface area (Å²) in [4.78, 5) is 2.31. The molecule has 1 aliphatic heterocycles. The van der Waals surface area contributed by atoms with Gasteiger partial charge in [-0.05, 0) is 6.92 Å². The molecule has 0 aromatic carbocycles. The van der Waals surface area contributed by atoms with E-state index in [1.54, 1.807) is 11.8 Å². The smallest absolute Gasteiger partial charge is 0.131 e. The van der Waals surface area contributed by atoms with Gasteiger partial charge in [-0.25, -0.2) is 0 Å². The molecular weight excluding hydrogens is 214 g/mol. The van der Waals surface area contributed by atoms with E-state index < -0.39 is 0 Å². The average molecular weight is 230 g/mol. The molecule has 0 spiro atoms. The molecule has 0 amide bonds. The maximum Gasteiger partial charge on any atom is 0.131 e. The lowest BCUT2D eigenvalue weighted by molar-refractivity contribution is -0.0334. The topological polar surface area (TPSA) is 30.3 Å². The molecule has 1 aromatic heterocycles. The van der Waals surface area contributed by atoms with Crippen LogP contribution in [0.15, 0.2) is 0 Å². The van der Waals surface area contributed by atoms with Crippen LogP contribution >= 0.6 is 11.6 Å². The van der Waals surface area contributed by atoms with Crippen molar-refractivity contribution in [3.63, 3.8) is 0 Å². The van der Waals surface area contributed by atoms with Crippen molar-refractivity contribution in [3.05, 3.63) is 16.4 Å². The first-order valence-electron chi connectivity index (χ1n) is 5.05. The van der Waals surface area contributed by atoms with E-state index in [9.17, 15) is 0 Å². The molecule has 0 unspecified atom stereocenters. The maximum absolute atomic E-state index is 6.15. The third-order valence-electron chi connectivity index (χ3n) is 2.91. The highest BCUT2D eigenvalue weighted by molar-refractivity contribution is 6.30. The number of aryl methyl sites for hydroxylation is 2. The molecule has 2 rings (SSSR count). The van der Waals surface area contributed by atoms with Gasteiger partial charge in [0.05, 0.1) is 11.8 Å². The lowest BCUT2D eigenvalue weighted by atomic mass is 10.1. The van der Waals surface area contributed by atoms with Gasteiger partial charge in [-0.2, -0.15) is 5.10 Å². The summed E-state index contributed by atoms with van der Waals surface area (Å²) >= 11 is 6.15. The molecule has 0 N–H and O–H groups in total.